The van der Waals surface area contributed by atoms with Gasteiger partial charge >= 0.3 is 34.7 Å². The first-order chi connectivity index (χ1) is 3.81. The number of hydrogen-bond donors (Lipinski definition) is 1. The molecule has 1 unspecified atom stereocenters. The molecule has 1 N–H and O–H groups in total. The second-order valence-electron chi connectivity index (χ2n) is 1.28. The van der Waals surface area contributed by atoms with Gasteiger partial charge in [0.1, 0.15) is 0 Å². The molecule has 0 aromatic carbocycles. The Morgan fingerprint density at radius 3 is 1.90 bits per heavy atom. The summed E-state index contributed by atoms with van der Waals surface area (Å²) in [5.74, 6) is 0. The molecule has 0 aliphatic heterocycles. The molecule has 0 radical (unpaired) electrons. The fraction of sp³-hybridized carbons (Fsp3) is 1.00. The van der Waals surface area contributed by atoms with Gasteiger partial charge in [0, 0.05) is 0 Å². The SMILES string of the molecule is O=S(=O)([O-])C(O)(F)CF.[Na+]. The van der Waals surface area contributed by atoms with Crippen LogP contribution in [0.4, 0.5) is 8.78 Å². The smallest absolute Gasteiger partial charge is 0.744 e. The van der Waals surface area contributed by atoms with Crippen molar-refractivity contribution in [3.63, 3.8) is 0 Å². The quantitative estimate of drug-likeness (QED) is 0.351. The van der Waals surface area contributed by atoms with Crippen LogP contribution in [0, 0.1) is 0 Å². The number of alkyl halides is 2. The molecular formula is C2H3F2NaO4S. The van der Waals surface area contributed by atoms with E-state index in [1.807, 2.05) is 0 Å². The normalized spacial score (nSPS) is 17.2. The first-order valence-electron chi connectivity index (χ1n) is 1.74. The third-order valence-electron chi connectivity index (χ3n) is 0.548. The van der Waals surface area contributed by atoms with Gasteiger partial charge in [-0.05, 0) is 0 Å². The van der Waals surface area contributed by atoms with E-state index < -0.39 is 22.0 Å². The first kappa shape index (κ1) is 13.3. The van der Waals surface area contributed by atoms with E-state index in [0.29, 0.717) is 0 Å². The zero-order chi connectivity index (χ0) is 7.71. The van der Waals surface area contributed by atoms with Crippen molar-refractivity contribution in [1.82, 2.24) is 0 Å². The zero-order valence-electron chi connectivity index (χ0n) is 5.04. The molecule has 0 saturated carbocycles. The molecule has 0 amide bonds. The minimum Gasteiger partial charge on any atom is -0.744 e. The van der Waals surface area contributed by atoms with E-state index in [4.69, 9.17) is 5.11 Å². The molecule has 0 heterocycles. The average molecular weight is 184 g/mol. The monoisotopic (exact) mass is 184 g/mol. The van der Waals surface area contributed by atoms with Gasteiger partial charge < -0.3 is 9.66 Å². The maximum absolute atomic E-state index is 11.6. The number of rotatable bonds is 2. The summed E-state index contributed by atoms with van der Waals surface area (Å²) in [4.78, 5) is 0. The zero-order valence-corrected chi connectivity index (χ0v) is 7.86. The second kappa shape index (κ2) is 3.93. The van der Waals surface area contributed by atoms with Crippen LogP contribution < -0.4 is 29.6 Å². The number of hydrogen-bond acceptors (Lipinski definition) is 4. The third kappa shape index (κ3) is 3.22. The van der Waals surface area contributed by atoms with E-state index in [0.717, 1.165) is 0 Å². The van der Waals surface area contributed by atoms with Gasteiger partial charge in [-0.2, -0.15) is 4.39 Å². The van der Waals surface area contributed by atoms with Crippen molar-refractivity contribution >= 4 is 10.1 Å². The predicted octanol–water partition coefficient (Wildman–Crippen LogP) is -3.88. The Kier molecular flexibility index (Phi) is 5.24. The molecule has 0 aromatic rings. The summed E-state index contributed by atoms with van der Waals surface area (Å²) in [6.07, 6.45) is 0. The average Bonchev–Trinajstić information content (AvgIpc) is 1.64. The summed E-state index contributed by atoms with van der Waals surface area (Å²) in [6, 6.07) is 0. The fourth-order valence-electron chi connectivity index (χ4n) is 0.0668. The summed E-state index contributed by atoms with van der Waals surface area (Å²) in [5.41, 5.74) is 0. The summed E-state index contributed by atoms with van der Waals surface area (Å²) < 4.78 is 51.1. The fourth-order valence-corrected chi connectivity index (χ4v) is 0.200. The van der Waals surface area contributed by atoms with Gasteiger partial charge in [0.05, 0.1) is 0 Å². The molecular weight excluding hydrogens is 181 g/mol. The Hall–Kier alpha value is 0.730. The van der Waals surface area contributed by atoms with Gasteiger partial charge in [0.25, 0.3) is 0 Å². The Morgan fingerprint density at radius 2 is 1.90 bits per heavy atom. The van der Waals surface area contributed by atoms with Crippen molar-refractivity contribution < 1.29 is 56.4 Å². The Bertz CT molecular complexity index is 187. The van der Waals surface area contributed by atoms with E-state index in [1.165, 1.54) is 0 Å². The van der Waals surface area contributed by atoms with Crippen molar-refractivity contribution in [1.29, 1.82) is 0 Å². The molecule has 0 aliphatic rings. The van der Waals surface area contributed by atoms with Crippen molar-refractivity contribution in [2.75, 3.05) is 6.67 Å². The largest absolute Gasteiger partial charge is 1.00 e. The van der Waals surface area contributed by atoms with Crippen LogP contribution in [0.15, 0.2) is 0 Å². The van der Waals surface area contributed by atoms with Crippen LogP contribution in [0.25, 0.3) is 0 Å². The van der Waals surface area contributed by atoms with Crippen LogP contribution in [-0.2, 0) is 10.1 Å². The predicted molar refractivity (Wildman–Crippen MR) is 21.7 cm³/mol. The maximum Gasteiger partial charge on any atom is 1.00 e. The summed E-state index contributed by atoms with van der Waals surface area (Å²) in [6.45, 7) is -2.25. The van der Waals surface area contributed by atoms with Crippen LogP contribution in [-0.4, -0.2) is 29.9 Å². The summed E-state index contributed by atoms with van der Waals surface area (Å²) in [7, 11) is -5.59. The van der Waals surface area contributed by atoms with E-state index in [2.05, 4.69) is 0 Å². The van der Waals surface area contributed by atoms with Crippen LogP contribution in [0.5, 0.6) is 0 Å². The molecule has 1 atom stereocenters. The minimum atomic E-state index is -5.59. The summed E-state index contributed by atoms with van der Waals surface area (Å²) >= 11 is 0. The van der Waals surface area contributed by atoms with E-state index in [-0.39, 0.29) is 29.6 Å². The molecule has 56 valence electrons. The molecule has 0 spiro atoms. The van der Waals surface area contributed by atoms with Gasteiger partial charge in [0.15, 0.2) is 16.8 Å². The van der Waals surface area contributed by atoms with E-state index in [9.17, 15) is 21.8 Å². The Labute approximate surface area is 78.3 Å². The molecule has 10 heavy (non-hydrogen) atoms. The molecule has 8 heteroatoms. The molecule has 0 bridgehead atoms. The standard InChI is InChI=1S/C2H4F2O4S.Na/c3-1-2(4,5)9(6,7)8;/h5H,1H2,(H,6,7,8);/q;+1/p-1. The molecule has 4 nitrogen and oxygen atoms in total. The number of halogens is 2. The van der Waals surface area contributed by atoms with Crippen LogP contribution in [0.3, 0.4) is 0 Å². The molecule has 0 aliphatic carbocycles. The van der Waals surface area contributed by atoms with Crippen molar-refractivity contribution in [2.45, 2.75) is 5.19 Å². The summed E-state index contributed by atoms with van der Waals surface area (Å²) in [5, 5.41) is 3.45. The molecule has 0 fully saturated rings. The third-order valence-corrected chi connectivity index (χ3v) is 1.42. The number of aliphatic hydroxyl groups is 1. The Balaban J connectivity index is 0. The van der Waals surface area contributed by atoms with E-state index >= 15 is 0 Å². The van der Waals surface area contributed by atoms with Crippen LogP contribution >= 0.6 is 0 Å². The van der Waals surface area contributed by atoms with Gasteiger partial charge in [-0.3, -0.25) is 0 Å². The molecule has 0 rings (SSSR count). The van der Waals surface area contributed by atoms with Crippen LogP contribution in [0.2, 0.25) is 0 Å². The minimum absolute atomic E-state index is 0. The van der Waals surface area contributed by atoms with Crippen molar-refractivity contribution in [3.05, 3.63) is 0 Å². The van der Waals surface area contributed by atoms with Crippen molar-refractivity contribution in [3.8, 4) is 0 Å². The maximum atomic E-state index is 11.6. The van der Waals surface area contributed by atoms with Crippen LogP contribution in [0.1, 0.15) is 0 Å². The van der Waals surface area contributed by atoms with E-state index in [1.54, 1.807) is 0 Å². The molecule has 0 aromatic heterocycles. The molecule has 0 saturated heterocycles. The van der Waals surface area contributed by atoms with Crippen molar-refractivity contribution in [2.24, 2.45) is 0 Å². The second-order valence-corrected chi connectivity index (χ2v) is 2.81. The van der Waals surface area contributed by atoms with Gasteiger partial charge in [0.2, 0.25) is 0 Å². The van der Waals surface area contributed by atoms with Gasteiger partial charge in [-0.1, -0.05) is 0 Å². The van der Waals surface area contributed by atoms with Gasteiger partial charge in [-0.25, -0.2) is 12.8 Å². The topological polar surface area (TPSA) is 77.4 Å². The Morgan fingerprint density at radius 1 is 1.60 bits per heavy atom. The first-order valence-corrected chi connectivity index (χ1v) is 3.15. The van der Waals surface area contributed by atoms with Gasteiger partial charge in [-0.15, -0.1) is 0 Å².